The van der Waals surface area contributed by atoms with Crippen LogP contribution in [0.25, 0.3) is 0 Å². The van der Waals surface area contributed by atoms with Crippen LogP contribution < -0.4 is 10.2 Å². The fourth-order valence-corrected chi connectivity index (χ4v) is 2.41. The number of anilines is 1. The first kappa shape index (κ1) is 13.3. The summed E-state index contributed by atoms with van der Waals surface area (Å²) in [5.74, 6) is 0.882. The largest absolute Gasteiger partial charge is 0.341 e. The summed E-state index contributed by atoms with van der Waals surface area (Å²) in [5.41, 5.74) is 1.65. The maximum Gasteiger partial charge on any atom is 0.225 e. The Morgan fingerprint density at radius 1 is 1.28 bits per heavy atom. The maximum atomic E-state index is 4.47. The SMILES string of the molecule is CCC1(C)CCN(c2ncc(CNC)cn2)CC1. The van der Waals surface area contributed by atoms with Crippen LogP contribution >= 0.6 is 0 Å². The quantitative estimate of drug-likeness (QED) is 0.887. The summed E-state index contributed by atoms with van der Waals surface area (Å²) in [6, 6.07) is 0. The van der Waals surface area contributed by atoms with Crippen molar-refractivity contribution in [3.63, 3.8) is 0 Å². The van der Waals surface area contributed by atoms with Crippen molar-refractivity contribution in [2.75, 3.05) is 25.0 Å². The minimum atomic E-state index is 0.516. The van der Waals surface area contributed by atoms with Crippen molar-refractivity contribution >= 4 is 5.95 Å². The summed E-state index contributed by atoms with van der Waals surface area (Å²) >= 11 is 0. The average Bonchev–Trinajstić information content (AvgIpc) is 2.41. The minimum Gasteiger partial charge on any atom is -0.341 e. The molecule has 2 heterocycles. The fourth-order valence-electron chi connectivity index (χ4n) is 2.41. The summed E-state index contributed by atoms with van der Waals surface area (Å²) in [4.78, 5) is 11.2. The molecule has 0 radical (unpaired) electrons. The topological polar surface area (TPSA) is 41.1 Å². The van der Waals surface area contributed by atoms with Gasteiger partial charge in [0, 0.05) is 37.6 Å². The van der Waals surface area contributed by atoms with Crippen LogP contribution in [0.4, 0.5) is 5.95 Å². The van der Waals surface area contributed by atoms with E-state index in [9.17, 15) is 0 Å². The van der Waals surface area contributed by atoms with E-state index in [2.05, 4.69) is 34.0 Å². The summed E-state index contributed by atoms with van der Waals surface area (Å²) < 4.78 is 0. The highest BCUT2D eigenvalue weighted by Gasteiger charge is 2.29. The number of rotatable bonds is 4. The molecule has 0 unspecified atom stereocenters. The molecule has 0 spiro atoms. The summed E-state index contributed by atoms with van der Waals surface area (Å²) in [6.45, 7) is 7.67. The van der Waals surface area contributed by atoms with Gasteiger partial charge in [-0.05, 0) is 25.3 Å². The molecule has 0 atom stereocenters. The van der Waals surface area contributed by atoms with E-state index in [1.807, 2.05) is 19.4 Å². The summed E-state index contributed by atoms with van der Waals surface area (Å²) in [6.07, 6.45) is 7.60. The fraction of sp³-hybridized carbons (Fsp3) is 0.714. The molecule has 0 bridgehead atoms. The molecular formula is C14H24N4. The highest BCUT2D eigenvalue weighted by molar-refractivity contribution is 5.30. The summed E-state index contributed by atoms with van der Waals surface area (Å²) in [7, 11) is 1.93. The van der Waals surface area contributed by atoms with E-state index in [0.29, 0.717) is 5.41 Å². The number of hydrogen-bond donors (Lipinski definition) is 1. The van der Waals surface area contributed by atoms with Crippen molar-refractivity contribution in [2.24, 2.45) is 5.41 Å². The molecule has 4 nitrogen and oxygen atoms in total. The zero-order valence-corrected chi connectivity index (χ0v) is 11.7. The third kappa shape index (κ3) is 2.99. The van der Waals surface area contributed by atoms with Gasteiger partial charge in [-0.25, -0.2) is 9.97 Å². The van der Waals surface area contributed by atoms with Crippen LogP contribution in [0.15, 0.2) is 12.4 Å². The van der Waals surface area contributed by atoms with Crippen molar-refractivity contribution in [3.05, 3.63) is 18.0 Å². The van der Waals surface area contributed by atoms with E-state index in [1.165, 1.54) is 19.3 Å². The van der Waals surface area contributed by atoms with Crippen molar-refractivity contribution in [1.29, 1.82) is 0 Å². The molecule has 1 aromatic rings. The molecule has 1 N–H and O–H groups in total. The second-order valence-electron chi connectivity index (χ2n) is 5.57. The molecule has 1 aliphatic heterocycles. The van der Waals surface area contributed by atoms with Crippen LogP contribution in [0.2, 0.25) is 0 Å². The monoisotopic (exact) mass is 248 g/mol. The second kappa shape index (κ2) is 5.65. The predicted octanol–water partition coefficient (Wildman–Crippen LogP) is 2.21. The zero-order chi connectivity index (χ0) is 13.0. The zero-order valence-electron chi connectivity index (χ0n) is 11.7. The van der Waals surface area contributed by atoms with Crippen LogP contribution in [0, 0.1) is 5.41 Å². The number of piperidine rings is 1. The van der Waals surface area contributed by atoms with Crippen LogP contribution in [-0.2, 0) is 6.54 Å². The van der Waals surface area contributed by atoms with E-state index >= 15 is 0 Å². The molecule has 2 rings (SSSR count). The first-order chi connectivity index (χ1) is 8.67. The summed E-state index contributed by atoms with van der Waals surface area (Å²) in [5, 5.41) is 3.11. The van der Waals surface area contributed by atoms with Gasteiger partial charge in [0.1, 0.15) is 0 Å². The Balaban J connectivity index is 1.97. The Hall–Kier alpha value is -1.16. The van der Waals surface area contributed by atoms with Crippen LogP contribution in [0.3, 0.4) is 0 Å². The molecule has 1 fully saturated rings. The lowest BCUT2D eigenvalue weighted by Gasteiger charge is -2.38. The molecule has 0 aromatic carbocycles. The van der Waals surface area contributed by atoms with Gasteiger partial charge in [0.15, 0.2) is 0 Å². The van der Waals surface area contributed by atoms with Gasteiger partial charge in [0.2, 0.25) is 5.95 Å². The Morgan fingerprint density at radius 3 is 2.39 bits per heavy atom. The maximum absolute atomic E-state index is 4.47. The van der Waals surface area contributed by atoms with Gasteiger partial charge >= 0.3 is 0 Å². The van der Waals surface area contributed by atoms with Gasteiger partial charge in [0.05, 0.1) is 0 Å². The lowest BCUT2D eigenvalue weighted by molar-refractivity contribution is 0.237. The Morgan fingerprint density at radius 2 is 1.89 bits per heavy atom. The van der Waals surface area contributed by atoms with E-state index in [-0.39, 0.29) is 0 Å². The van der Waals surface area contributed by atoms with Gasteiger partial charge in [-0.3, -0.25) is 0 Å². The molecule has 0 saturated carbocycles. The molecule has 1 aliphatic rings. The van der Waals surface area contributed by atoms with E-state index in [0.717, 1.165) is 31.1 Å². The molecule has 1 aromatic heterocycles. The van der Waals surface area contributed by atoms with Gasteiger partial charge in [-0.15, -0.1) is 0 Å². The van der Waals surface area contributed by atoms with Crippen molar-refractivity contribution in [3.8, 4) is 0 Å². The Kier molecular flexibility index (Phi) is 4.17. The molecule has 0 aliphatic carbocycles. The van der Waals surface area contributed by atoms with Crippen LogP contribution in [0.1, 0.15) is 38.7 Å². The predicted molar refractivity (Wildman–Crippen MR) is 74.6 cm³/mol. The smallest absolute Gasteiger partial charge is 0.225 e. The average molecular weight is 248 g/mol. The van der Waals surface area contributed by atoms with Crippen molar-refractivity contribution in [2.45, 2.75) is 39.7 Å². The molecule has 1 saturated heterocycles. The van der Waals surface area contributed by atoms with Crippen LogP contribution in [0.5, 0.6) is 0 Å². The molecule has 0 amide bonds. The molecular weight excluding hydrogens is 224 g/mol. The number of nitrogens with one attached hydrogen (secondary N) is 1. The Bertz CT molecular complexity index is 366. The van der Waals surface area contributed by atoms with Gasteiger partial charge in [0.25, 0.3) is 0 Å². The van der Waals surface area contributed by atoms with Crippen LogP contribution in [-0.4, -0.2) is 30.1 Å². The standard InChI is InChI=1S/C14H24N4/c1-4-14(2)5-7-18(8-6-14)13-16-10-12(9-15-3)11-17-13/h10-11,15H,4-9H2,1-3H3. The van der Waals surface area contributed by atoms with E-state index < -0.39 is 0 Å². The third-order valence-electron chi connectivity index (χ3n) is 4.18. The van der Waals surface area contributed by atoms with Gasteiger partial charge < -0.3 is 10.2 Å². The van der Waals surface area contributed by atoms with Gasteiger partial charge in [-0.2, -0.15) is 0 Å². The lowest BCUT2D eigenvalue weighted by atomic mass is 9.78. The number of hydrogen-bond acceptors (Lipinski definition) is 4. The van der Waals surface area contributed by atoms with Gasteiger partial charge in [-0.1, -0.05) is 20.3 Å². The minimum absolute atomic E-state index is 0.516. The van der Waals surface area contributed by atoms with Crippen molar-refractivity contribution < 1.29 is 0 Å². The highest BCUT2D eigenvalue weighted by Crippen LogP contribution is 2.34. The number of aromatic nitrogens is 2. The van der Waals surface area contributed by atoms with E-state index in [4.69, 9.17) is 0 Å². The van der Waals surface area contributed by atoms with E-state index in [1.54, 1.807) is 0 Å². The molecule has 100 valence electrons. The lowest BCUT2D eigenvalue weighted by Crippen LogP contribution is -2.39. The highest BCUT2D eigenvalue weighted by atomic mass is 15.2. The Labute approximate surface area is 110 Å². The third-order valence-corrected chi connectivity index (χ3v) is 4.18. The second-order valence-corrected chi connectivity index (χ2v) is 5.57. The number of nitrogens with zero attached hydrogens (tertiary/aromatic N) is 3. The first-order valence-corrected chi connectivity index (χ1v) is 6.87. The molecule has 18 heavy (non-hydrogen) atoms. The molecule has 4 heteroatoms. The normalized spacial score (nSPS) is 18.9. The van der Waals surface area contributed by atoms with Crippen molar-refractivity contribution in [1.82, 2.24) is 15.3 Å². The first-order valence-electron chi connectivity index (χ1n) is 6.87.